The highest BCUT2D eigenvalue weighted by Gasteiger charge is 2.27. The molecule has 2 aromatic rings. The minimum atomic E-state index is -0.553. The molecule has 0 aliphatic carbocycles. The van der Waals surface area contributed by atoms with E-state index in [9.17, 15) is 14.4 Å². The monoisotopic (exact) mass is 390 g/mol. The van der Waals surface area contributed by atoms with Gasteiger partial charge in [0.15, 0.2) is 12.4 Å². The molecule has 0 aromatic carbocycles. The second-order valence-electron chi connectivity index (χ2n) is 6.28. The second-order valence-corrected chi connectivity index (χ2v) is 7.30. The lowest BCUT2D eigenvalue weighted by Gasteiger charge is -2.09. The van der Waals surface area contributed by atoms with E-state index in [4.69, 9.17) is 4.74 Å². The molecule has 0 aliphatic rings. The molecule has 2 aromatic heterocycles. The Labute approximate surface area is 162 Å². The largest absolute Gasteiger partial charge is 0.462 e. The van der Waals surface area contributed by atoms with Gasteiger partial charge in [-0.25, -0.2) is 4.79 Å². The molecule has 27 heavy (non-hydrogen) atoms. The molecule has 0 bridgehead atoms. The number of amides is 2. The Bertz CT molecular complexity index is 857. The van der Waals surface area contributed by atoms with Gasteiger partial charge in [-0.1, -0.05) is 0 Å². The number of aryl methyl sites for hydroxylation is 1. The van der Waals surface area contributed by atoms with Crippen molar-refractivity contribution in [3.05, 3.63) is 46.1 Å². The number of carbonyl (C=O) groups is 3. The Morgan fingerprint density at radius 2 is 1.81 bits per heavy atom. The molecule has 7 nitrogen and oxygen atoms in total. The van der Waals surface area contributed by atoms with Crippen molar-refractivity contribution >= 4 is 34.1 Å². The molecule has 1 N–H and O–H groups in total. The van der Waals surface area contributed by atoms with Crippen LogP contribution in [0.4, 0.5) is 5.00 Å². The number of nitrogens with one attached hydrogen (secondary N) is 1. The smallest absolute Gasteiger partial charge is 0.341 e. The van der Waals surface area contributed by atoms with Crippen LogP contribution in [0.2, 0.25) is 0 Å². The van der Waals surface area contributed by atoms with Crippen LogP contribution < -0.4 is 9.88 Å². The third-order valence-electron chi connectivity index (χ3n) is 3.86. The van der Waals surface area contributed by atoms with E-state index in [0.717, 1.165) is 16.9 Å². The van der Waals surface area contributed by atoms with Crippen LogP contribution in [0.3, 0.4) is 0 Å². The van der Waals surface area contributed by atoms with E-state index < -0.39 is 5.97 Å². The number of rotatable bonds is 6. The third-order valence-corrected chi connectivity index (χ3v) is 5.06. The number of nitrogens with zero attached hydrogens (tertiary/aromatic N) is 2. The first kappa shape index (κ1) is 20.6. The quantitative estimate of drug-likeness (QED) is 0.606. The molecule has 0 saturated heterocycles. The van der Waals surface area contributed by atoms with Crippen molar-refractivity contribution in [3.63, 3.8) is 0 Å². The molecule has 0 fully saturated rings. The van der Waals surface area contributed by atoms with Crippen LogP contribution in [-0.4, -0.2) is 43.4 Å². The maximum Gasteiger partial charge on any atom is 0.341 e. The lowest BCUT2D eigenvalue weighted by molar-refractivity contribution is -0.684. The van der Waals surface area contributed by atoms with Crippen LogP contribution in [0.15, 0.2) is 24.5 Å². The average molecular weight is 390 g/mol. The molecule has 0 atom stereocenters. The van der Waals surface area contributed by atoms with Crippen molar-refractivity contribution in [2.75, 3.05) is 26.0 Å². The summed E-state index contributed by atoms with van der Waals surface area (Å²) in [7, 11) is 3.27. The average Bonchev–Trinajstić information content (AvgIpc) is 2.92. The number of esters is 1. The van der Waals surface area contributed by atoms with Crippen molar-refractivity contribution in [1.82, 2.24) is 4.90 Å². The van der Waals surface area contributed by atoms with Crippen LogP contribution in [-0.2, 0) is 16.1 Å². The van der Waals surface area contributed by atoms with E-state index in [0.29, 0.717) is 15.4 Å². The summed E-state index contributed by atoms with van der Waals surface area (Å²) in [6.45, 7) is 5.66. The first-order chi connectivity index (χ1) is 12.7. The molecule has 144 valence electrons. The topological polar surface area (TPSA) is 79.6 Å². The van der Waals surface area contributed by atoms with Gasteiger partial charge in [-0.05, 0) is 31.9 Å². The normalized spacial score (nSPS) is 10.4. The van der Waals surface area contributed by atoms with Crippen LogP contribution in [0.25, 0.3) is 0 Å². The summed E-state index contributed by atoms with van der Waals surface area (Å²) in [5, 5.41) is 3.08. The minimum absolute atomic E-state index is 0.0937. The van der Waals surface area contributed by atoms with Crippen LogP contribution in [0.5, 0.6) is 0 Å². The fourth-order valence-electron chi connectivity index (χ4n) is 2.43. The Morgan fingerprint density at radius 1 is 1.19 bits per heavy atom. The van der Waals surface area contributed by atoms with Gasteiger partial charge in [0.05, 0.1) is 17.0 Å². The number of ether oxygens (including phenoxy) is 1. The van der Waals surface area contributed by atoms with E-state index in [1.165, 1.54) is 4.90 Å². The van der Waals surface area contributed by atoms with Crippen molar-refractivity contribution in [1.29, 1.82) is 0 Å². The van der Waals surface area contributed by atoms with Crippen LogP contribution >= 0.6 is 11.3 Å². The number of anilines is 1. The summed E-state index contributed by atoms with van der Waals surface area (Å²) in [5.41, 5.74) is 1.83. The lowest BCUT2D eigenvalue weighted by Crippen LogP contribution is -2.39. The van der Waals surface area contributed by atoms with E-state index in [1.54, 1.807) is 32.5 Å². The summed E-state index contributed by atoms with van der Waals surface area (Å²) in [4.78, 5) is 39.0. The predicted octanol–water partition coefficient (Wildman–Crippen LogP) is 2.17. The van der Waals surface area contributed by atoms with Gasteiger partial charge in [0.2, 0.25) is 6.54 Å². The molecular formula is C19H24N3O4S+. The molecule has 2 amide bonds. The highest BCUT2D eigenvalue weighted by molar-refractivity contribution is 7.18. The highest BCUT2D eigenvalue weighted by atomic mass is 32.1. The van der Waals surface area contributed by atoms with Gasteiger partial charge >= 0.3 is 5.97 Å². The zero-order valence-electron chi connectivity index (χ0n) is 16.2. The molecule has 0 radical (unpaired) electrons. The molecule has 8 heteroatoms. The van der Waals surface area contributed by atoms with Crippen molar-refractivity contribution < 1.29 is 23.7 Å². The van der Waals surface area contributed by atoms with Gasteiger partial charge in [-0.2, -0.15) is 4.57 Å². The van der Waals surface area contributed by atoms with Crippen molar-refractivity contribution in [2.45, 2.75) is 27.3 Å². The molecular weight excluding hydrogens is 366 g/mol. The molecule has 2 heterocycles. The zero-order chi connectivity index (χ0) is 20.1. The van der Waals surface area contributed by atoms with Crippen molar-refractivity contribution in [2.24, 2.45) is 0 Å². The van der Waals surface area contributed by atoms with E-state index in [2.05, 4.69) is 5.32 Å². The fraction of sp³-hybridized carbons (Fsp3) is 0.368. The third kappa shape index (κ3) is 4.91. The Kier molecular flexibility index (Phi) is 6.68. The second kappa shape index (κ2) is 8.77. The van der Waals surface area contributed by atoms with E-state index in [-0.39, 0.29) is 30.5 Å². The van der Waals surface area contributed by atoms with Gasteiger partial charge in [0.1, 0.15) is 5.00 Å². The summed E-state index contributed by atoms with van der Waals surface area (Å²) in [5.74, 6) is -1.07. The maximum absolute atomic E-state index is 12.5. The maximum atomic E-state index is 12.5. The summed E-state index contributed by atoms with van der Waals surface area (Å²) >= 11 is 1.08. The SMILES string of the molecule is CCOC(=O)c1c(NC(=O)C[n+]2ccc(C)cc2)sc(C(=O)N(C)C)c1C. The number of hydrogen-bond donors (Lipinski definition) is 1. The molecule has 0 saturated carbocycles. The van der Waals surface area contributed by atoms with Crippen LogP contribution in [0.1, 0.15) is 38.1 Å². The highest BCUT2D eigenvalue weighted by Crippen LogP contribution is 2.34. The fourth-order valence-corrected chi connectivity index (χ4v) is 3.66. The Balaban J connectivity index is 2.31. The Hall–Kier alpha value is -2.74. The number of hydrogen-bond acceptors (Lipinski definition) is 5. The first-order valence-corrected chi connectivity index (χ1v) is 9.34. The van der Waals surface area contributed by atoms with E-state index in [1.807, 2.05) is 31.5 Å². The Morgan fingerprint density at radius 3 is 2.37 bits per heavy atom. The van der Waals surface area contributed by atoms with E-state index >= 15 is 0 Å². The van der Waals surface area contributed by atoms with Gasteiger partial charge in [0, 0.05) is 26.2 Å². The van der Waals surface area contributed by atoms with Gasteiger partial charge in [-0.15, -0.1) is 11.3 Å². The lowest BCUT2D eigenvalue weighted by atomic mass is 10.1. The number of aromatic nitrogens is 1. The molecule has 0 aliphatic heterocycles. The number of pyridine rings is 1. The first-order valence-electron chi connectivity index (χ1n) is 8.52. The van der Waals surface area contributed by atoms with Gasteiger partial charge < -0.3 is 15.0 Å². The molecule has 0 unspecified atom stereocenters. The summed E-state index contributed by atoms with van der Waals surface area (Å²) in [6, 6.07) is 3.81. The van der Waals surface area contributed by atoms with Crippen molar-refractivity contribution in [3.8, 4) is 0 Å². The molecule has 0 spiro atoms. The number of thiophene rings is 1. The van der Waals surface area contributed by atoms with Gasteiger partial charge in [-0.3, -0.25) is 9.59 Å². The van der Waals surface area contributed by atoms with Crippen LogP contribution in [0, 0.1) is 13.8 Å². The predicted molar refractivity (Wildman–Crippen MR) is 103 cm³/mol. The zero-order valence-corrected chi connectivity index (χ0v) is 17.0. The summed E-state index contributed by atoms with van der Waals surface area (Å²) < 4.78 is 6.84. The summed E-state index contributed by atoms with van der Waals surface area (Å²) in [6.07, 6.45) is 3.61. The van der Waals surface area contributed by atoms with Gasteiger partial charge in [0.25, 0.3) is 11.8 Å². The standard InChI is InChI=1S/C19H23N3O4S/c1-6-26-19(25)15-13(3)16(18(24)21(4)5)27-17(15)20-14(23)11-22-9-7-12(2)8-10-22/h7-10H,6,11H2,1-5H3/p+1. The minimum Gasteiger partial charge on any atom is -0.462 e. The number of carbonyl (C=O) groups excluding carboxylic acids is 3. The molecule has 2 rings (SSSR count).